The van der Waals surface area contributed by atoms with Crippen LogP contribution in [0.2, 0.25) is 0 Å². The van der Waals surface area contributed by atoms with Gasteiger partial charge in [-0.3, -0.25) is 14.5 Å². The van der Waals surface area contributed by atoms with Gasteiger partial charge >= 0.3 is 0 Å². The number of benzene rings is 1. The van der Waals surface area contributed by atoms with E-state index in [0.29, 0.717) is 11.4 Å². The Morgan fingerprint density at radius 3 is 2.89 bits per heavy atom. The van der Waals surface area contributed by atoms with Crippen molar-refractivity contribution in [3.05, 3.63) is 54.6 Å². The van der Waals surface area contributed by atoms with Gasteiger partial charge in [-0.15, -0.1) is 0 Å². The van der Waals surface area contributed by atoms with Gasteiger partial charge in [-0.1, -0.05) is 24.3 Å². The van der Waals surface area contributed by atoms with E-state index in [1.807, 2.05) is 30.3 Å². The van der Waals surface area contributed by atoms with Crippen LogP contribution in [0.3, 0.4) is 0 Å². The number of nitrogens with zero attached hydrogens (tertiary/aromatic N) is 3. The first-order valence-corrected chi connectivity index (χ1v) is 5.88. The number of hydrogen-bond acceptors (Lipinski definition) is 3. The highest BCUT2D eigenvalue weighted by Gasteiger charge is 2.12. The molecular weight excluding hydrogens is 240 g/mol. The molecule has 1 amide bonds. The van der Waals surface area contributed by atoms with Gasteiger partial charge in [0.1, 0.15) is 5.69 Å². The molecule has 5 nitrogen and oxygen atoms in total. The maximum atomic E-state index is 12.2. The molecule has 0 aliphatic heterocycles. The Morgan fingerprint density at radius 1 is 1.26 bits per heavy atom. The van der Waals surface area contributed by atoms with Crippen LogP contribution in [0.25, 0.3) is 10.8 Å². The molecule has 0 unspecified atom stereocenters. The second-order valence-corrected chi connectivity index (χ2v) is 4.24. The molecular formula is C14H12N4O. The van der Waals surface area contributed by atoms with Gasteiger partial charge in [-0.2, -0.15) is 5.10 Å². The van der Waals surface area contributed by atoms with Crippen LogP contribution in [-0.2, 0) is 7.05 Å². The van der Waals surface area contributed by atoms with Crippen LogP contribution in [0.5, 0.6) is 0 Å². The largest absolute Gasteiger partial charge is 0.318 e. The van der Waals surface area contributed by atoms with E-state index in [1.54, 1.807) is 30.3 Å². The molecule has 0 spiro atoms. The van der Waals surface area contributed by atoms with Crippen LogP contribution in [0.4, 0.5) is 5.69 Å². The number of aryl methyl sites for hydroxylation is 1. The van der Waals surface area contributed by atoms with E-state index in [9.17, 15) is 4.79 Å². The van der Waals surface area contributed by atoms with Crippen LogP contribution in [0.1, 0.15) is 10.5 Å². The normalized spacial score (nSPS) is 10.6. The van der Waals surface area contributed by atoms with E-state index in [2.05, 4.69) is 15.4 Å². The summed E-state index contributed by atoms with van der Waals surface area (Å²) in [6.07, 6.45) is 4.98. The molecule has 0 saturated carbocycles. The first kappa shape index (κ1) is 11.4. The highest BCUT2D eigenvalue weighted by atomic mass is 16.1. The van der Waals surface area contributed by atoms with Gasteiger partial charge in [0.25, 0.3) is 5.91 Å². The van der Waals surface area contributed by atoms with Crippen LogP contribution in [0, 0.1) is 0 Å². The van der Waals surface area contributed by atoms with Crippen molar-refractivity contribution in [3.8, 4) is 0 Å². The highest BCUT2D eigenvalue weighted by molar-refractivity contribution is 6.11. The minimum absolute atomic E-state index is 0.232. The standard InChI is InChI=1S/C14H12N4O/c1-18-9-11(8-16-18)17-14(19)13-12-5-3-2-4-10(12)6-7-15-13/h2-9H,1H3,(H,17,19). The third-order valence-corrected chi connectivity index (χ3v) is 2.85. The average molecular weight is 252 g/mol. The fourth-order valence-electron chi connectivity index (χ4n) is 1.98. The molecule has 0 aliphatic rings. The predicted octanol–water partition coefficient (Wildman–Crippen LogP) is 2.22. The summed E-state index contributed by atoms with van der Waals surface area (Å²) < 4.78 is 1.63. The molecule has 2 aromatic heterocycles. The lowest BCUT2D eigenvalue weighted by Gasteiger charge is -2.05. The number of pyridine rings is 1. The van der Waals surface area contributed by atoms with Crippen LogP contribution in [0.15, 0.2) is 48.9 Å². The van der Waals surface area contributed by atoms with Crippen molar-refractivity contribution in [1.29, 1.82) is 0 Å². The molecule has 19 heavy (non-hydrogen) atoms. The number of rotatable bonds is 2. The fraction of sp³-hybridized carbons (Fsp3) is 0.0714. The van der Waals surface area contributed by atoms with Gasteiger partial charge in [0.2, 0.25) is 0 Å². The number of carbonyl (C=O) groups is 1. The zero-order valence-electron chi connectivity index (χ0n) is 10.4. The van der Waals surface area contributed by atoms with Gasteiger partial charge in [0.05, 0.1) is 11.9 Å². The number of amides is 1. The van der Waals surface area contributed by atoms with E-state index < -0.39 is 0 Å². The van der Waals surface area contributed by atoms with Gasteiger partial charge in [-0.25, -0.2) is 0 Å². The minimum Gasteiger partial charge on any atom is -0.318 e. The number of fused-ring (bicyclic) bond motifs is 1. The predicted molar refractivity (Wildman–Crippen MR) is 72.9 cm³/mol. The van der Waals surface area contributed by atoms with E-state index in [0.717, 1.165) is 10.8 Å². The van der Waals surface area contributed by atoms with E-state index >= 15 is 0 Å². The monoisotopic (exact) mass is 252 g/mol. The molecule has 0 aliphatic carbocycles. The fourth-order valence-corrected chi connectivity index (χ4v) is 1.98. The molecule has 0 fully saturated rings. The molecule has 3 rings (SSSR count). The molecule has 0 radical (unpaired) electrons. The summed E-state index contributed by atoms with van der Waals surface area (Å²) in [7, 11) is 1.80. The van der Waals surface area contributed by atoms with E-state index in [1.165, 1.54) is 0 Å². The third kappa shape index (κ3) is 2.18. The Balaban J connectivity index is 1.97. The summed E-state index contributed by atoms with van der Waals surface area (Å²) >= 11 is 0. The lowest BCUT2D eigenvalue weighted by Crippen LogP contribution is -2.13. The Kier molecular flexibility index (Phi) is 2.72. The van der Waals surface area contributed by atoms with Crippen molar-refractivity contribution < 1.29 is 4.79 Å². The molecule has 0 saturated heterocycles. The van der Waals surface area contributed by atoms with Gasteiger partial charge < -0.3 is 5.32 Å². The summed E-state index contributed by atoms with van der Waals surface area (Å²) in [6, 6.07) is 9.56. The summed E-state index contributed by atoms with van der Waals surface area (Å²) in [5.41, 5.74) is 1.07. The average Bonchev–Trinajstić information content (AvgIpc) is 2.83. The van der Waals surface area contributed by atoms with E-state index in [-0.39, 0.29) is 5.91 Å². The SMILES string of the molecule is Cn1cc(NC(=O)c2nccc3ccccc23)cn1. The lowest BCUT2D eigenvalue weighted by atomic mass is 10.1. The smallest absolute Gasteiger partial charge is 0.274 e. The first-order chi connectivity index (χ1) is 9.24. The topological polar surface area (TPSA) is 59.8 Å². The number of carbonyl (C=O) groups excluding carboxylic acids is 1. The molecule has 0 atom stereocenters. The van der Waals surface area contributed by atoms with Crippen molar-refractivity contribution in [2.75, 3.05) is 5.32 Å². The van der Waals surface area contributed by atoms with Crippen molar-refractivity contribution in [2.45, 2.75) is 0 Å². The minimum atomic E-state index is -0.232. The number of hydrogen-bond donors (Lipinski definition) is 1. The Labute approximate surface area is 109 Å². The van der Waals surface area contributed by atoms with Crippen molar-refractivity contribution in [3.63, 3.8) is 0 Å². The molecule has 0 bridgehead atoms. The molecule has 3 aromatic rings. The van der Waals surface area contributed by atoms with Crippen molar-refractivity contribution in [2.24, 2.45) is 7.05 Å². The zero-order valence-corrected chi connectivity index (χ0v) is 10.4. The van der Waals surface area contributed by atoms with Crippen molar-refractivity contribution >= 4 is 22.4 Å². The maximum absolute atomic E-state index is 12.2. The molecule has 5 heteroatoms. The molecule has 1 N–H and O–H groups in total. The molecule has 2 heterocycles. The summed E-state index contributed by atoms with van der Waals surface area (Å²) in [6.45, 7) is 0. The summed E-state index contributed by atoms with van der Waals surface area (Å²) in [5.74, 6) is -0.232. The Bertz CT molecular complexity index is 743. The van der Waals surface area contributed by atoms with Crippen molar-refractivity contribution in [1.82, 2.24) is 14.8 Å². The first-order valence-electron chi connectivity index (χ1n) is 5.88. The number of nitrogens with one attached hydrogen (secondary N) is 1. The quantitative estimate of drug-likeness (QED) is 0.760. The second-order valence-electron chi connectivity index (χ2n) is 4.24. The Morgan fingerprint density at radius 2 is 2.11 bits per heavy atom. The number of aromatic nitrogens is 3. The van der Waals surface area contributed by atoms with Gasteiger partial charge in [0, 0.05) is 24.8 Å². The third-order valence-electron chi connectivity index (χ3n) is 2.85. The maximum Gasteiger partial charge on any atom is 0.274 e. The molecule has 94 valence electrons. The second kappa shape index (κ2) is 4.53. The van der Waals surface area contributed by atoms with Crippen LogP contribution in [-0.4, -0.2) is 20.7 Å². The van der Waals surface area contributed by atoms with Crippen LogP contribution < -0.4 is 5.32 Å². The van der Waals surface area contributed by atoms with Crippen LogP contribution >= 0.6 is 0 Å². The van der Waals surface area contributed by atoms with Gasteiger partial charge in [-0.05, 0) is 11.5 Å². The zero-order chi connectivity index (χ0) is 13.2. The molecule has 1 aromatic carbocycles. The summed E-state index contributed by atoms with van der Waals surface area (Å²) in [5, 5.41) is 8.63. The van der Waals surface area contributed by atoms with E-state index in [4.69, 9.17) is 0 Å². The van der Waals surface area contributed by atoms with Gasteiger partial charge in [0.15, 0.2) is 0 Å². The number of anilines is 1. The Hall–Kier alpha value is -2.69. The lowest BCUT2D eigenvalue weighted by molar-refractivity contribution is 0.102. The summed E-state index contributed by atoms with van der Waals surface area (Å²) in [4.78, 5) is 16.4. The highest BCUT2D eigenvalue weighted by Crippen LogP contribution is 2.17.